The molecule has 7 nitrogen and oxygen atoms in total. The maximum absolute atomic E-state index is 10.9. The van der Waals surface area contributed by atoms with Gasteiger partial charge in [-0.25, -0.2) is 9.97 Å². The van der Waals surface area contributed by atoms with E-state index in [-0.39, 0.29) is 5.69 Å². The van der Waals surface area contributed by atoms with Crippen molar-refractivity contribution in [3.8, 4) is 17.1 Å². The van der Waals surface area contributed by atoms with E-state index in [0.717, 1.165) is 5.56 Å². The summed E-state index contributed by atoms with van der Waals surface area (Å²) in [5.74, 6) is 0.0307. The lowest BCUT2D eigenvalue weighted by molar-refractivity contribution is -0.385. The second kappa shape index (κ2) is 4.71. The van der Waals surface area contributed by atoms with Gasteiger partial charge in [-0.15, -0.1) is 0 Å². The molecule has 0 radical (unpaired) electrons. The first kappa shape index (κ1) is 13.3. The Bertz CT molecular complexity index is 875. The number of phenolic OH excluding ortho intramolecular Hbond substituents is 1. The molecule has 1 aromatic carbocycles. The van der Waals surface area contributed by atoms with E-state index in [9.17, 15) is 15.2 Å². The number of hydrogen-bond acceptors (Lipinski definition) is 5. The smallest absolute Gasteiger partial charge is 0.311 e. The Hall–Kier alpha value is -2.67. The lowest BCUT2D eigenvalue weighted by Gasteiger charge is -1.99. The van der Waals surface area contributed by atoms with Crippen molar-refractivity contribution in [2.24, 2.45) is 0 Å². The zero-order chi connectivity index (χ0) is 15.1. The summed E-state index contributed by atoms with van der Waals surface area (Å²) in [5, 5.41) is 20.8. The van der Waals surface area contributed by atoms with Gasteiger partial charge in [-0.2, -0.15) is 0 Å². The molecular formula is C13H9ClN4O3. The van der Waals surface area contributed by atoms with Crippen LogP contribution in [0.5, 0.6) is 5.75 Å². The quantitative estimate of drug-likeness (QED) is 0.558. The van der Waals surface area contributed by atoms with E-state index in [1.807, 2.05) is 6.92 Å². The van der Waals surface area contributed by atoms with Gasteiger partial charge >= 0.3 is 5.69 Å². The van der Waals surface area contributed by atoms with Crippen molar-refractivity contribution in [2.75, 3.05) is 0 Å². The minimum atomic E-state index is -0.651. The summed E-state index contributed by atoms with van der Waals surface area (Å²) in [5.41, 5.74) is 2.02. The molecule has 0 aliphatic heterocycles. The summed E-state index contributed by atoms with van der Waals surface area (Å²) < 4.78 is 0. The van der Waals surface area contributed by atoms with Gasteiger partial charge in [0.2, 0.25) is 0 Å². The van der Waals surface area contributed by atoms with E-state index in [1.165, 1.54) is 24.4 Å². The van der Waals surface area contributed by atoms with E-state index in [0.29, 0.717) is 27.6 Å². The van der Waals surface area contributed by atoms with Crippen LogP contribution in [0, 0.1) is 17.0 Å². The molecule has 2 heterocycles. The fourth-order valence-corrected chi connectivity index (χ4v) is 2.14. The highest BCUT2D eigenvalue weighted by Crippen LogP contribution is 2.31. The number of H-pyrrole nitrogens is 1. The van der Waals surface area contributed by atoms with E-state index in [2.05, 4.69) is 15.0 Å². The number of nitro benzene ring substituents is 1. The summed E-state index contributed by atoms with van der Waals surface area (Å²) in [7, 11) is 0. The number of nitrogens with one attached hydrogen (secondary N) is 1. The summed E-state index contributed by atoms with van der Waals surface area (Å²) in [6, 6.07) is 4.05. The van der Waals surface area contributed by atoms with Crippen LogP contribution in [0.2, 0.25) is 5.02 Å². The monoisotopic (exact) mass is 304 g/mol. The van der Waals surface area contributed by atoms with E-state index in [4.69, 9.17) is 11.6 Å². The molecule has 0 amide bonds. The molecule has 21 heavy (non-hydrogen) atoms. The number of nitrogens with zero attached hydrogens (tertiary/aromatic N) is 3. The van der Waals surface area contributed by atoms with Gasteiger partial charge in [-0.05, 0) is 24.6 Å². The number of aromatic amines is 1. The Labute approximate surface area is 123 Å². The van der Waals surface area contributed by atoms with Gasteiger partial charge in [0.25, 0.3) is 0 Å². The third-order valence-electron chi connectivity index (χ3n) is 3.15. The van der Waals surface area contributed by atoms with Gasteiger partial charge in [0.05, 0.1) is 9.95 Å². The highest BCUT2D eigenvalue weighted by atomic mass is 35.5. The number of benzene rings is 1. The fraction of sp³-hybridized carbons (Fsp3) is 0.0769. The number of halogens is 1. The molecule has 0 atom stereocenters. The standard InChI is InChI=1S/C13H9ClN4O3/c1-6-8(14)5-15-13-11(6)16-12(17-13)7-2-3-10(19)9(4-7)18(20)21/h2-5,19H,1H3,(H,15,16,17). The van der Waals surface area contributed by atoms with Crippen molar-refractivity contribution in [2.45, 2.75) is 6.92 Å². The zero-order valence-electron chi connectivity index (χ0n) is 10.8. The molecule has 106 valence electrons. The molecule has 0 saturated carbocycles. The van der Waals surface area contributed by atoms with Gasteiger partial charge in [0, 0.05) is 17.8 Å². The average Bonchev–Trinajstić information content (AvgIpc) is 2.88. The van der Waals surface area contributed by atoms with Gasteiger partial charge < -0.3 is 10.1 Å². The SMILES string of the molecule is Cc1c(Cl)cnc2[nH]c(-c3ccc(O)c([N+](=O)[O-])c3)nc12. The van der Waals surface area contributed by atoms with Gasteiger partial charge in [-0.1, -0.05) is 11.6 Å². The summed E-state index contributed by atoms with van der Waals surface area (Å²) in [4.78, 5) is 21.7. The molecule has 0 bridgehead atoms. The second-order valence-electron chi connectivity index (χ2n) is 4.47. The van der Waals surface area contributed by atoms with Crippen molar-refractivity contribution in [1.29, 1.82) is 0 Å². The third kappa shape index (κ3) is 2.17. The van der Waals surface area contributed by atoms with Crippen molar-refractivity contribution < 1.29 is 10.0 Å². The molecule has 0 aliphatic rings. The van der Waals surface area contributed by atoms with Crippen molar-refractivity contribution >= 4 is 28.5 Å². The topological polar surface area (TPSA) is 105 Å². The number of rotatable bonds is 2. The minimum Gasteiger partial charge on any atom is -0.502 e. The Morgan fingerprint density at radius 1 is 1.43 bits per heavy atom. The van der Waals surface area contributed by atoms with Crippen LogP contribution in [0.1, 0.15) is 5.56 Å². The second-order valence-corrected chi connectivity index (χ2v) is 4.88. The summed E-state index contributed by atoms with van der Waals surface area (Å²) in [6.07, 6.45) is 1.51. The average molecular weight is 305 g/mol. The first-order valence-corrected chi connectivity index (χ1v) is 6.34. The number of fused-ring (bicyclic) bond motifs is 1. The van der Waals surface area contributed by atoms with Crippen LogP contribution in [0.3, 0.4) is 0 Å². The molecule has 8 heteroatoms. The van der Waals surface area contributed by atoms with Crippen molar-refractivity contribution in [3.63, 3.8) is 0 Å². The minimum absolute atomic E-state index is 0.379. The fourth-order valence-electron chi connectivity index (χ4n) is 2.00. The van der Waals surface area contributed by atoms with Crippen LogP contribution in [-0.4, -0.2) is 25.0 Å². The molecule has 2 N–H and O–H groups in total. The molecule has 0 saturated heterocycles. The number of aromatic hydroxyl groups is 1. The Balaban J connectivity index is 2.19. The summed E-state index contributed by atoms with van der Waals surface area (Å²) >= 11 is 5.99. The molecule has 3 aromatic rings. The van der Waals surface area contributed by atoms with Crippen LogP contribution in [0.25, 0.3) is 22.6 Å². The maximum Gasteiger partial charge on any atom is 0.311 e. The van der Waals surface area contributed by atoms with Crippen LogP contribution in [-0.2, 0) is 0 Å². The number of pyridine rings is 1. The normalized spacial score (nSPS) is 11.0. The number of phenols is 1. The largest absolute Gasteiger partial charge is 0.502 e. The van der Waals surface area contributed by atoms with E-state index >= 15 is 0 Å². The van der Waals surface area contributed by atoms with Gasteiger partial charge in [-0.3, -0.25) is 10.1 Å². The Morgan fingerprint density at radius 3 is 2.90 bits per heavy atom. The number of nitro groups is 1. The Kier molecular flexibility index (Phi) is 2.99. The van der Waals surface area contributed by atoms with Gasteiger partial charge in [0.1, 0.15) is 11.3 Å². The number of aryl methyl sites for hydroxylation is 1. The highest BCUT2D eigenvalue weighted by molar-refractivity contribution is 6.31. The summed E-state index contributed by atoms with van der Waals surface area (Å²) in [6.45, 7) is 1.82. The molecule has 0 fully saturated rings. The Morgan fingerprint density at radius 2 is 2.19 bits per heavy atom. The molecule has 3 rings (SSSR count). The maximum atomic E-state index is 10.9. The molecule has 0 aliphatic carbocycles. The van der Waals surface area contributed by atoms with Crippen LogP contribution < -0.4 is 0 Å². The molecule has 0 unspecified atom stereocenters. The predicted octanol–water partition coefficient (Wildman–Crippen LogP) is 3.20. The molecule has 2 aromatic heterocycles. The van der Waals surface area contributed by atoms with Gasteiger partial charge in [0.15, 0.2) is 11.4 Å². The lowest BCUT2D eigenvalue weighted by Crippen LogP contribution is -1.90. The predicted molar refractivity (Wildman–Crippen MR) is 77.4 cm³/mol. The van der Waals surface area contributed by atoms with Crippen molar-refractivity contribution in [3.05, 3.63) is 45.1 Å². The number of aromatic nitrogens is 3. The third-order valence-corrected chi connectivity index (χ3v) is 3.53. The molecule has 0 spiro atoms. The molecular weight excluding hydrogens is 296 g/mol. The van der Waals surface area contributed by atoms with Crippen LogP contribution in [0.15, 0.2) is 24.4 Å². The van der Waals surface area contributed by atoms with E-state index < -0.39 is 10.7 Å². The number of hydrogen-bond donors (Lipinski definition) is 2. The van der Waals surface area contributed by atoms with Crippen LogP contribution >= 0.6 is 11.6 Å². The van der Waals surface area contributed by atoms with Crippen LogP contribution in [0.4, 0.5) is 5.69 Å². The first-order valence-electron chi connectivity index (χ1n) is 5.96. The lowest BCUT2D eigenvalue weighted by atomic mass is 10.2. The first-order chi connectivity index (χ1) is 9.97. The highest BCUT2D eigenvalue weighted by Gasteiger charge is 2.17. The zero-order valence-corrected chi connectivity index (χ0v) is 11.5. The van der Waals surface area contributed by atoms with E-state index in [1.54, 1.807) is 0 Å². The number of imidazole rings is 1. The van der Waals surface area contributed by atoms with Crippen molar-refractivity contribution in [1.82, 2.24) is 15.0 Å².